The maximum atomic E-state index is 5.35. The third-order valence-corrected chi connectivity index (χ3v) is 3.28. The van der Waals surface area contributed by atoms with Crippen molar-refractivity contribution < 1.29 is 4.74 Å². The molecule has 0 amide bonds. The summed E-state index contributed by atoms with van der Waals surface area (Å²) >= 11 is 0. The van der Waals surface area contributed by atoms with Gasteiger partial charge in [0.2, 0.25) is 0 Å². The summed E-state index contributed by atoms with van der Waals surface area (Å²) in [7, 11) is 0. The van der Waals surface area contributed by atoms with Crippen LogP contribution < -0.4 is 5.32 Å². The maximum Gasteiger partial charge on any atom is 0.0480 e. The van der Waals surface area contributed by atoms with E-state index in [-0.39, 0.29) is 0 Å². The van der Waals surface area contributed by atoms with Gasteiger partial charge in [0.05, 0.1) is 0 Å². The number of rotatable bonds is 7. The topological polar surface area (TPSA) is 21.3 Å². The van der Waals surface area contributed by atoms with Crippen LogP contribution in [-0.2, 0) is 4.74 Å². The number of ether oxygens (including phenoxy) is 1. The van der Waals surface area contributed by atoms with Gasteiger partial charge in [-0.2, -0.15) is 0 Å². The second-order valence-electron chi connectivity index (χ2n) is 4.90. The molecule has 0 radical (unpaired) electrons. The van der Waals surface area contributed by atoms with Crippen molar-refractivity contribution >= 4 is 0 Å². The summed E-state index contributed by atoms with van der Waals surface area (Å²) in [5.41, 5.74) is 0. The van der Waals surface area contributed by atoms with Crippen LogP contribution in [0.3, 0.4) is 0 Å². The Bertz CT molecular complexity index is 143. The molecule has 0 aromatic rings. The van der Waals surface area contributed by atoms with Crippen LogP contribution in [0, 0.1) is 5.92 Å². The fourth-order valence-electron chi connectivity index (χ4n) is 2.11. The molecule has 0 saturated carbocycles. The van der Waals surface area contributed by atoms with Crippen molar-refractivity contribution in [1.82, 2.24) is 5.32 Å². The van der Waals surface area contributed by atoms with Gasteiger partial charge < -0.3 is 10.1 Å². The predicted octanol–water partition coefficient (Wildman–Crippen LogP) is 2.97. The zero-order valence-electron chi connectivity index (χ0n) is 10.4. The van der Waals surface area contributed by atoms with Crippen LogP contribution in [0.2, 0.25) is 0 Å². The van der Waals surface area contributed by atoms with Crippen LogP contribution >= 0.6 is 0 Å². The van der Waals surface area contributed by atoms with Gasteiger partial charge in [-0.05, 0) is 31.7 Å². The molecular formula is C13H27NO. The van der Waals surface area contributed by atoms with Crippen molar-refractivity contribution in [2.45, 2.75) is 58.4 Å². The van der Waals surface area contributed by atoms with E-state index in [2.05, 4.69) is 19.2 Å². The zero-order valence-corrected chi connectivity index (χ0v) is 10.4. The largest absolute Gasteiger partial charge is 0.381 e. The molecule has 1 heterocycles. The smallest absolute Gasteiger partial charge is 0.0480 e. The van der Waals surface area contributed by atoms with Gasteiger partial charge >= 0.3 is 0 Å². The average molecular weight is 213 g/mol. The van der Waals surface area contributed by atoms with E-state index in [1.165, 1.54) is 45.1 Å². The van der Waals surface area contributed by atoms with Gasteiger partial charge in [-0.3, -0.25) is 0 Å². The minimum atomic E-state index is 0.715. The van der Waals surface area contributed by atoms with Crippen LogP contribution in [-0.4, -0.2) is 25.8 Å². The monoisotopic (exact) mass is 213 g/mol. The van der Waals surface area contributed by atoms with Gasteiger partial charge in [0, 0.05) is 19.3 Å². The van der Waals surface area contributed by atoms with E-state index in [1.54, 1.807) is 0 Å². The second-order valence-corrected chi connectivity index (χ2v) is 4.90. The summed E-state index contributed by atoms with van der Waals surface area (Å²) < 4.78 is 5.35. The van der Waals surface area contributed by atoms with E-state index in [9.17, 15) is 0 Å². The number of hydrogen-bond acceptors (Lipinski definition) is 2. The first-order valence-corrected chi connectivity index (χ1v) is 6.64. The molecule has 0 aliphatic carbocycles. The maximum absolute atomic E-state index is 5.35. The van der Waals surface area contributed by atoms with Crippen molar-refractivity contribution in [3.8, 4) is 0 Å². The lowest BCUT2D eigenvalue weighted by Gasteiger charge is -2.24. The SMILES string of the molecule is CCCCCC(C)CNC1CCOCC1. The van der Waals surface area contributed by atoms with E-state index in [1.807, 2.05) is 0 Å². The minimum Gasteiger partial charge on any atom is -0.381 e. The van der Waals surface area contributed by atoms with Crippen molar-refractivity contribution in [1.29, 1.82) is 0 Å². The molecule has 1 N–H and O–H groups in total. The van der Waals surface area contributed by atoms with Crippen LogP contribution in [0.5, 0.6) is 0 Å². The van der Waals surface area contributed by atoms with Gasteiger partial charge in [0.25, 0.3) is 0 Å². The summed E-state index contributed by atoms with van der Waals surface area (Å²) in [5, 5.41) is 3.67. The Labute approximate surface area is 94.8 Å². The molecule has 0 bridgehead atoms. The van der Waals surface area contributed by atoms with Crippen LogP contribution in [0.4, 0.5) is 0 Å². The molecule has 15 heavy (non-hydrogen) atoms. The number of nitrogens with one attached hydrogen (secondary N) is 1. The van der Waals surface area contributed by atoms with Crippen LogP contribution in [0.1, 0.15) is 52.4 Å². The molecule has 2 nitrogen and oxygen atoms in total. The van der Waals surface area contributed by atoms with Gasteiger partial charge in [-0.15, -0.1) is 0 Å². The lowest BCUT2D eigenvalue weighted by molar-refractivity contribution is 0.0770. The number of unbranched alkanes of at least 4 members (excludes halogenated alkanes) is 2. The molecule has 2 heteroatoms. The third-order valence-electron chi connectivity index (χ3n) is 3.28. The summed E-state index contributed by atoms with van der Waals surface area (Å²) in [6.45, 7) is 7.71. The van der Waals surface area contributed by atoms with Gasteiger partial charge in [-0.25, -0.2) is 0 Å². The van der Waals surface area contributed by atoms with Crippen LogP contribution in [0.15, 0.2) is 0 Å². The molecule has 0 aromatic heterocycles. The first-order valence-electron chi connectivity index (χ1n) is 6.64. The Morgan fingerprint density at radius 2 is 2.00 bits per heavy atom. The van der Waals surface area contributed by atoms with Crippen molar-refractivity contribution in [3.63, 3.8) is 0 Å². The van der Waals surface area contributed by atoms with E-state index in [4.69, 9.17) is 4.74 Å². The molecule has 1 saturated heterocycles. The predicted molar refractivity (Wildman–Crippen MR) is 65.1 cm³/mol. The highest BCUT2D eigenvalue weighted by atomic mass is 16.5. The molecule has 1 aliphatic rings. The molecule has 1 fully saturated rings. The van der Waals surface area contributed by atoms with E-state index >= 15 is 0 Å². The Balaban J connectivity index is 1.97. The fourth-order valence-corrected chi connectivity index (χ4v) is 2.11. The van der Waals surface area contributed by atoms with Crippen LogP contribution in [0.25, 0.3) is 0 Å². The van der Waals surface area contributed by atoms with Crippen molar-refractivity contribution in [3.05, 3.63) is 0 Å². The Hall–Kier alpha value is -0.0800. The summed E-state index contributed by atoms with van der Waals surface area (Å²) in [6.07, 6.45) is 7.89. The molecule has 0 aromatic carbocycles. The molecule has 0 spiro atoms. The van der Waals surface area contributed by atoms with E-state index in [0.29, 0.717) is 6.04 Å². The Morgan fingerprint density at radius 3 is 2.67 bits per heavy atom. The molecule has 1 rings (SSSR count). The van der Waals surface area contributed by atoms with Gasteiger partial charge in [0.15, 0.2) is 0 Å². The molecule has 90 valence electrons. The second kappa shape index (κ2) is 8.12. The van der Waals surface area contributed by atoms with Gasteiger partial charge in [0.1, 0.15) is 0 Å². The first-order chi connectivity index (χ1) is 7.33. The lowest BCUT2D eigenvalue weighted by Crippen LogP contribution is -2.37. The molecule has 1 atom stereocenters. The highest BCUT2D eigenvalue weighted by Gasteiger charge is 2.13. The highest BCUT2D eigenvalue weighted by molar-refractivity contribution is 4.71. The zero-order chi connectivity index (χ0) is 10.9. The van der Waals surface area contributed by atoms with Gasteiger partial charge in [-0.1, -0.05) is 33.1 Å². The Morgan fingerprint density at radius 1 is 1.27 bits per heavy atom. The van der Waals surface area contributed by atoms with Crippen molar-refractivity contribution in [2.75, 3.05) is 19.8 Å². The standard InChI is InChI=1S/C13H27NO/c1-3-4-5-6-12(2)11-14-13-7-9-15-10-8-13/h12-14H,3-11H2,1-2H3. The normalized spacial score (nSPS) is 20.4. The molecular weight excluding hydrogens is 186 g/mol. The Kier molecular flexibility index (Phi) is 7.03. The van der Waals surface area contributed by atoms with E-state index in [0.717, 1.165) is 19.1 Å². The van der Waals surface area contributed by atoms with E-state index < -0.39 is 0 Å². The number of hydrogen-bond donors (Lipinski definition) is 1. The van der Waals surface area contributed by atoms with Crippen molar-refractivity contribution in [2.24, 2.45) is 5.92 Å². The quantitative estimate of drug-likeness (QED) is 0.656. The fraction of sp³-hybridized carbons (Fsp3) is 1.00. The summed E-state index contributed by atoms with van der Waals surface area (Å²) in [6, 6.07) is 0.715. The highest BCUT2D eigenvalue weighted by Crippen LogP contribution is 2.10. The third kappa shape index (κ3) is 6.16. The molecule has 1 aliphatic heterocycles. The average Bonchev–Trinajstić information content (AvgIpc) is 2.28. The first kappa shape index (κ1) is 13.0. The minimum absolute atomic E-state index is 0.715. The summed E-state index contributed by atoms with van der Waals surface area (Å²) in [4.78, 5) is 0. The lowest BCUT2D eigenvalue weighted by atomic mass is 10.0. The summed E-state index contributed by atoms with van der Waals surface area (Å²) in [5.74, 6) is 0.833. The molecule has 1 unspecified atom stereocenters.